The van der Waals surface area contributed by atoms with Gasteiger partial charge < -0.3 is 5.32 Å². The molecule has 0 aliphatic heterocycles. The van der Waals surface area contributed by atoms with Crippen molar-refractivity contribution in [2.75, 3.05) is 6.54 Å². The first-order valence-electron chi connectivity index (χ1n) is 6.78. The Morgan fingerprint density at radius 2 is 1.84 bits per heavy atom. The van der Waals surface area contributed by atoms with Crippen LogP contribution in [0.5, 0.6) is 0 Å². The fourth-order valence-electron chi connectivity index (χ4n) is 2.32. The van der Waals surface area contributed by atoms with Gasteiger partial charge >= 0.3 is 0 Å². The van der Waals surface area contributed by atoms with Crippen molar-refractivity contribution < 1.29 is 0 Å². The Bertz CT molecular complexity index is 503. The van der Waals surface area contributed by atoms with E-state index in [-0.39, 0.29) is 6.04 Å². The number of nitrogens with zero attached hydrogens (tertiary/aromatic N) is 2. The quantitative estimate of drug-likeness (QED) is 0.891. The zero-order valence-corrected chi connectivity index (χ0v) is 11.9. The van der Waals surface area contributed by atoms with Gasteiger partial charge in [0.1, 0.15) is 0 Å². The third-order valence-corrected chi connectivity index (χ3v) is 3.05. The molecule has 0 saturated carbocycles. The highest BCUT2D eigenvalue weighted by Crippen LogP contribution is 2.22. The van der Waals surface area contributed by atoms with E-state index in [1.165, 1.54) is 16.7 Å². The van der Waals surface area contributed by atoms with Gasteiger partial charge in [0.25, 0.3) is 0 Å². The molecule has 3 heteroatoms. The van der Waals surface area contributed by atoms with Gasteiger partial charge in [-0.2, -0.15) is 0 Å². The average Bonchev–Trinajstić information content (AvgIpc) is 2.39. The van der Waals surface area contributed by atoms with Crippen molar-refractivity contribution >= 4 is 0 Å². The summed E-state index contributed by atoms with van der Waals surface area (Å²) in [6, 6.07) is 6.74. The van der Waals surface area contributed by atoms with E-state index < -0.39 is 0 Å². The van der Waals surface area contributed by atoms with Crippen LogP contribution in [-0.4, -0.2) is 16.5 Å². The molecule has 1 aromatic carbocycles. The maximum absolute atomic E-state index is 4.44. The summed E-state index contributed by atoms with van der Waals surface area (Å²) in [7, 11) is 0. The van der Waals surface area contributed by atoms with Crippen LogP contribution in [0.1, 0.15) is 41.8 Å². The van der Waals surface area contributed by atoms with Gasteiger partial charge in [-0.05, 0) is 32.4 Å². The molecular weight excluding hydrogens is 234 g/mol. The molecule has 2 rings (SSSR count). The molecule has 2 aromatic rings. The third kappa shape index (κ3) is 3.61. The van der Waals surface area contributed by atoms with Crippen LogP contribution in [0.4, 0.5) is 0 Å². The zero-order chi connectivity index (χ0) is 13.7. The Morgan fingerprint density at radius 1 is 1.11 bits per heavy atom. The van der Waals surface area contributed by atoms with E-state index >= 15 is 0 Å². The smallest absolute Gasteiger partial charge is 0.0801 e. The van der Waals surface area contributed by atoms with Crippen LogP contribution in [-0.2, 0) is 0 Å². The molecule has 0 aliphatic rings. The van der Waals surface area contributed by atoms with Crippen molar-refractivity contribution in [3.8, 4) is 0 Å². The van der Waals surface area contributed by atoms with Gasteiger partial charge in [-0.15, -0.1) is 0 Å². The lowest BCUT2D eigenvalue weighted by atomic mass is 9.99. The topological polar surface area (TPSA) is 37.8 Å². The molecule has 0 fully saturated rings. The monoisotopic (exact) mass is 255 g/mol. The molecule has 0 spiro atoms. The second-order valence-corrected chi connectivity index (χ2v) is 4.94. The van der Waals surface area contributed by atoms with Crippen molar-refractivity contribution in [1.82, 2.24) is 15.3 Å². The third-order valence-electron chi connectivity index (χ3n) is 3.05. The molecule has 0 aliphatic carbocycles. The first-order valence-corrected chi connectivity index (χ1v) is 6.78. The summed E-state index contributed by atoms with van der Waals surface area (Å²) in [5.41, 5.74) is 4.79. The van der Waals surface area contributed by atoms with Crippen molar-refractivity contribution in [3.05, 3.63) is 59.2 Å². The molecule has 1 heterocycles. The van der Waals surface area contributed by atoms with Crippen LogP contribution < -0.4 is 5.32 Å². The predicted molar refractivity (Wildman–Crippen MR) is 78.1 cm³/mol. The first-order chi connectivity index (χ1) is 9.20. The maximum Gasteiger partial charge on any atom is 0.0801 e. The van der Waals surface area contributed by atoms with Gasteiger partial charge in [0.2, 0.25) is 0 Å². The van der Waals surface area contributed by atoms with E-state index in [0.717, 1.165) is 18.7 Å². The highest BCUT2D eigenvalue weighted by molar-refractivity contribution is 5.34. The zero-order valence-electron chi connectivity index (χ0n) is 11.9. The van der Waals surface area contributed by atoms with Crippen molar-refractivity contribution in [1.29, 1.82) is 0 Å². The van der Waals surface area contributed by atoms with Crippen molar-refractivity contribution in [2.24, 2.45) is 0 Å². The Morgan fingerprint density at radius 3 is 2.42 bits per heavy atom. The summed E-state index contributed by atoms with van der Waals surface area (Å²) < 4.78 is 0. The number of rotatable bonds is 5. The largest absolute Gasteiger partial charge is 0.305 e. The Kier molecular flexibility index (Phi) is 4.63. The van der Waals surface area contributed by atoms with Crippen molar-refractivity contribution in [2.45, 2.75) is 33.2 Å². The van der Waals surface area contributed by atoms with Gasteiger partial charge in [-0.1, -0.05) is 36.2 Å². The summed E-state index contributed by atoms with van der Waals surface area (Å²) >= 11 is 0. The minimum Gasteiger partial charge on any atom is -0.305 e. The fourth-order valence-corrected chi connectivity index (χ4v) is 2.32. The lowest BCUT2D eigenvalue weighted by molar-refractivity contribution is 0.584. The Hall–Kier alpha value is -1.74. The molecule has 1 atom stereocenters. The summed E-state index contributed by atoms with van der Waals surface area (Å²) in [4.78, 5) is 8.62. The molecule has 3 nitrogen and oxygen atoms in total. The van der Waals surface area contributed by atoms with Crippen LogP contribution in [0, 0.1) is 13.8 Å². The Labute approximate surface area is 115 Å². The van der Waals surface area contributed by atoms with Crippen LogP contribution in [0.2, 0.25) is 0 Å². The molecule has 0 bridgehead atoms. The average molecular weight is 255 g/mol. The number of nitrogens with one attached hydrogen (secondary N) is 1. The second-order valence-electron chi connectivity index (χ2n) is 4.94. The van der Waals surface area contributed by atoms with Gasteiger partial charge in [0.15, 0.2) is 0 Å². The van der Waals surface area contributed by atoms with Gasteiger partial charge in [-0.3, -0.25) is 9.97 Å². The fraction of sp³-hybridized carbons (Fsp3) is 0.375. The Balaban J connectivity index is 2.36. The number of aryl methyl sites for hydroxylation is 2. The van der Waals surface area contributed by atoms with Crippen LogP contribution in [0.3, 0.4) is 0 Å². The van der Waals surface area contributed by atoms with Crippen LogP contribution in [0.15, 0.2) is 36.8 Å². The molecule has 100 valence electrons. The summed E-state index contributed by atoms with van der Waals surface area (Å²) in [5, 5.41) is 3.55. The molecule has 1 aromatic heterocycles. The van der Waals surface area contributed by atoms with Crippen LogP contribution in [0.25, 0.3) is 0 Å². The van der Waals surface area contributed by atoms with Gasteiger partial charge in [0.05, 0.1) is 17.9 Å². The summed E-state index contributed by atoms with van der Waals surface area (Å²) in [6.45, 7) is 7.39. The second kappa shape index (κ2) is 6.43. The molecule has 0 radical (unpaired) electrons. The maximum atomic E-state index is 4.44. The number of aromatic nitrogens is 2. The van der Waals surface area contributed by atoms with E-state index in [1.807, 2.05) is 6.20 Å². The SMILES string of the molecule is CCCNC(c1cc(C)cc(C)c1)c1cnccn1. The molecule has 1 unspecified atom stereocenters. The van der Waals surface area contributed by atoms with E-state index in [1.54, 1.807) is 12.4 Å². The lowest BCUT2D eigenvalue weighted by Gasteiger charge is -2.19. The van der Waals surface area contributed by atoms with E-state index in [0.29, 0.717) is 0 Å². The minimum atomic E-state index is 0.118. The normalized spacial score (nSPS) is 12.4. The number of hydrogen-bond acceptors (Lipinski definition) is 3. The lowest BCUT2D eigenvalue weighted by Crippen LogP contribution is -2.24. The highest BCUT2D eigenvalue weighted by Gasteiger charge is 2.15. The van der Waals surface area contributed by atoms with Gasteiger partial charge in [0, 0.05) is 12.4 Å². The van der Waals surface area contributed by atoms with Crippen LogP contribution >= 0.6 is 0 Å². The molecule has 0 amide bonds. The van der Waals surface area contributed by atoms with E-state index in [9.17, 15) is 0 Å². The summed E-state index contributed by atoms with van der Waals surface area (Å²) in [5.74, 6) is 0. The molecule has 19 heavy (non-hydrogen) atoms. The number of benzene rings is 1. The number of hydrogen-bond donors (Lipinski definition) is 1. The molecular formula is C16H21N3. The van der Waals surface area contributed by atoms with Crippen molar-refractivity contribution in [3.63, 3.8) is 0 Å². The first kappa shape index (κ1) is 13.7. The standard InChI is InChI=1S/C16H21N3/c1-4-5-19-16(15-11-17-6-7-18-15)14-9-12(2)8-13(3)10-14/h6-11,16,19H,4-5H2,1-3H3. The highest BCUT2D eigenvalue weighted by atomic mass is 14.9. The predicted octanol–water partition coefficient (Wildman–Crippen LogP) is 3.18. The molecule has 1 N–H and O–H groups in total. The van der Waals surface area contributed by atoms with E-state index in [2.05, 4.69) is 54.3 Å². The minimum absolute atomic E-state index is 0.118. The van der Waals surface area contributed by atoms with Gasteiger partial charge in [-0.25, -0.2) is 0 Å². The van der Waals surface area contributed by atoms with E-state index in [4.69, 9.17) is 0 Å². The molecule has 0 saturated heterocycles. The summed E-state index contributed by atoms with van der Waals surface area (Å²) in [6.07, 6.45) is 6.40.